The first-order valence-electron chi connectivity index (χ1n) is 8.75. The molecule has 0 aromatic carbocycles. The Balaban J connectivity index is 1.31. The van der Waals surface area contributed by atoms with Gasteiger partial charge in [-0.2, -0.15) is 0 Å². The number of rotatable bonds is 4. The minimum atomic E-state index is -0.421. The molecule has 132 valence electrons. The monoisotopic (exact) mass is 343 g/mol. The van der Waals surface area contributed by atoms with Gasteiger partial charge in [0.1, 0.15) is 6.10 Å². The van der Waals surface area contributed by atoms with Crippen LogP contribution < -0.4 is 4.74 Å². The number of ether oxygens (including phenoxy) is 2. The lowest BCUT2D eigenvalue weighted by Crippen LogP contribution is -2.44. The van der Waals surface area contributed by atoms with Crippen molar-refractivity contribution in [1.29, 1.82) is 0 Å². The minimum absolute atomic E-state index is 0.0725. The Labute approximate surface area is 146 Å². The van der Waals surface area contributed by atoms with Gasteiger partial charge in [0.25, 0.3) is 5.88 Å². The van der Waals surface area contributed by atoms with Crippen molar-refractivity contribution in [2.24, 2.45) is 0 Å². The molecule has 4 rings (SSSR count). The van der Waals surface area contributed by atoms with Crippen LogP contribution in [0, 0.1) is 5.82 Å². The van der Waals surface area contributed by atoms with E-state index < -0.39 is 5.82 Å². The van der Waals surface area contributed by atoms with Gasteiger partial charge in [0.2, 0.25) is 0 Å². The average molecular weight is 343 g/mol. The van der Waals surface area contributed by atoms with Crippen LogP contribution in [-0.4, -0.2) is 46.3 Å². The van der Waals surface area contributed by atoms with Crippen LogP contribution in [0.25, 0.3) is 0 Å². The first kappa shape index (κ1) is 16.4. The highest BCUT2D eigenvalue weighted by molar-refractivity contribution is 5.14. The molecule has 4 heterocycles. The summed E-state index contributed by atoms with van der Waals surface area (Å²) in [5.41, 5.74) is 1.15. The summed E-state index contributed by atoms with van der Waals surface area (Å²) < 4.78 is 25.5. The lowest BCUT2D eigenvalue weighted by molar-refractivity contribution is -0.0455. The van der Waals surface area contributed by atoms with Gasteiger partial charge in [-0.3, -0.25) is 9.88 Å². The molecule has 0 unspecified atom stereocenters. The summed E-state index contributed by atoms with van der Waals surface area (Å²) in [7, 11) is 0. The van der Waals surface area contributed by atoms with Crippen LogP contribution in [0.3, 0.4) is 0 Å². The molecule has 0 aliphatic carbocycles. The third kappa shape index (κ3) is 3.80. The number of piperidine rings is 1. The Kier molecular flexibility index (Phi) is 4.63. The van der Waals surface area contributed by atoms with E-state index in [1.807, 2.05) is 12.4 Å². The molecule has 2 aromatic heterocycles. The Bertz CT molecular complexity index is 705. The lowest BCUT2D eigenvalue weighted by atomic mass is 9.88. The van der Waals surface area contributed by atoms with Gasteiger partial charge in [-0.25, -0.2) is 9.37 Å². The molecule has 25 heavy (non-hydrogen) atoms. The summed E-state index contributed by atoms with van der Waals surface area (Å²) in [6, 6.07) is 7.04. The van der Waals surface area contributed by atoms with Crippen molar-refractivity contribution < 1.29 is 13.9 Å². The van der Waals surface area contributed by atoms with E-state index in [9.17, 15) is 4.39 Å². The summed E-state index contributed by atoms with van der Waals surface area (Å²) in [6.45, 7) is 3.43. The molecule has 6 heteroatoms. The number of aromatic nitrogens is 2. The van der Waals surface area contributed by atoms with Crippen LogP contribution in [0.15, 0.2) is 42.9 Å². The van der Waals surface area contributed by atoms with Crippen LogP contribution in [0.4, 0.5) is 4.39 Å². The number of nitrogens with zero attached hydrogens (tertiary/aromatic N) is 3. The van der Waals surface area contributed by atoms with Crippen LogP contribution in [0.1, 0.15) is 24.8 Å². The van der Waals surface area contributed by atoms with Crippen LogP contribution in [-0.2, 0) is 11.3 Å². The minimum Gasteiger partial charge on any atom is -0.470 e. The second-order valence-electron chi connectivity index (χ2n) is 6.86. The van der Waals surface area contributed by atoms with E-state index in [1.54, 1.807) is 12.3 Å². The maximum atomic E-state index is 13.7. The summed E-state index contributed by atoms with van der Waals surface area (Å²) in [5.74, 6) is -0.348. The van der Waals surface area contributed by atoms with E-state index in [1.165, 1.54) is 11.6 Å². The van der Waals surface area contributed by atoms with Crippen molar-refractivity contribution in [2.75, 3.05) is 19.7 Å². The highest BCUT2D eigenvalue weighted by Gasteiger charge is 2.43. The van der Waals surface area contributed by atoms with Gasteiger partial charge < -0.3 is 9.47 Å². The lowest BCUT2D eigenvalue weighted by Gasteiger charge is -2.38. The van der Waals surface area contributed by atoms with Crippen molar-refractivity contribution in [2.45, 2.75) is 37.5 Å². The predicted octanol–water partition coefficient (Wildman–Crippen LogP) is 2.82. The third-order valence-corrected chi connectivity index (χ3v) is 5.10. The van der Waals surface area contributed by atoms with E-state index in [0.29, 0.717) is 6.61 Å². The predicted molar refractivity (Wildman–Crippen MR) is 90.7 cm³/mol. The summed E-state index contributed by atoms with van der Waals surface area (Å²) in [5, 5.41) is 0. The standard InChI is InChI=1S/C19H22FN3O2/c20-17-2-1-7-22-18(17)25-16-12-19(24-14-16)5-10-23(11-6-19)13-15-3-8-21-9-4-15/h1-4,7-9,16H,5-6,10-14H2/t16-/m1/s1. The van der Waals surface area contributed by atoms with Crippen LogP contribution in [0.5, 0.6) is 5.88 Å². The largest absolute Gasteiger partial charge is 0.470 e. The fraction of sp³-hybridized carbons (Fsp3) is 0.474. The van der Waals surface area contributed by atoms with E-state index in [0.717, 1.165) is 38.9 Å². The van der Waals surface area contributed by atoms with Crippen LogP contribution >= 0.6 is 0 Å². The Morgan fingerprint density at radius 3 is 2.76 bits per heavy atom. The maximum Gasteiger partial charge on any atom is 0.250 e. The van der Waals surface area contributed by atoms with Crippen molar-refractivity contribution in [3.63, 3.8) is 0 Å². The number of halogens is 1. The van der Waals surface area contributed by atoms with Crippen molar-refractivity contribution >= 4 is 0 Å². The Morgan fingerprint density at radius 1 is 1.20 bits per heavy atom. The number of hydrogen-bond acceptors (Lipinski definition) is 5. The zero-order valence-electron chi connectivity index (χ0n) is 14.1. The molecule has 0 bridgehead atoms. The van der Waals surface area contributed by atoms with Gasteiger partial charge in [-0.15, -0.1) is 0 Å². The third-order valence-electron chi connectivity index (χ3n) is 5.10. The molecule has 0 N–H and O–H groups in total. The molecule has 0 radical (unpaired) electrons. The van der Waals surface area contributed by atoms with Gasteiger partial charge in [0.15, 0.2) is 5.82 Å². The smallest absolute Gasteiger partial charge is 0.250 e. The molecule has 5 nitrogen and oxygen atoms in total. The second-order valence-corrected chi connectivity index (χ2v) is 6.86. The van der Waals surface area contributed by atoms with Crippen molar-refractivity contribution in [1.82, 2.24) is 14.9 Å². The Morgan fingerprint density at radius 2 is 2.00 bits per heavy atom. The van der Waals surface area contributed by atoms with Gasteiger partial charge in [0, 0.05) is 44.6 Å². The molecular formula is C19H22FN3O2. The van der Waals surface area contributed by atoms with Gasteiger partial charge in [-0.05, 0) is 42.7 Å². The van der Waals surface area contributed by atoms with E-state index in [4.69, 9.17) is 9.47 Å². The summed E-state index contributed by atoms with van der Waals surface area (Å²) >= 11 is 0. The molecule has 2 aliphatic rings. The molecule has 1 spiro atoms. The zero-order valence-corrected chi connectivity index (χ0v) is 14.1. The average Bonchev–Trinajstić information content (AvgIpc) is 3.03. The number of likely N-dealkylation sites (tertiary alicyclic amines) is 1. The van der Waals surface area contributed by atoms with E-state index in [-0.39, 0.29) is 17.6 Å². The van der Waals surface area contributed by atoms with Crippen molar-refractivity contribution in [3.05, 3.63) is 54.2 Å². The number of pyridine rings is 2. The molecule has 0 amide bonds. The quantitative estimate of drug-likeness (QED) is 0.854. The highest BCUT2D eigenvalue weighted by atomic mass is 19.1. The molecule has 2 aromatic rings. The van der Waals surface area contributed by atoms with Gasteiger partial charge in [0.05, 0.1) is 12.2 Å². The first-order valence-corrected chi connectivity index (χ1v) is 8.75. The number of hydrogen-bond donors (Lipinski definition) is 0. The molecular weight excluding hydrogens is 321 g/mol. The van der Waals surface area contributed by atoms with Crippen molar-refractivity contribution in [3.8, 4) is 5.88 Å². The summed E-state index contributed by atoms with van der Waals surface area (Å²) in [6.07, 6.45) is 7.83. The molecule has 2 saturated heterocycles. The van der Waals surface area contributed by atoms with E-state index >= 15 is 0 Å². The maximum absolute atomic E-state index is 13.7. The second kappa shape index (κ2) is 7.06. The molecule has 2 aliphatic heterocycles. The van der Waals surface area contributed by atoms with Gasteiger partial charge in [-0.1, -0.05) is 0 Å². The SMILES string of the molecule is Fc1cccnc1O[C@H]1COC2(CCN(Cc3ccncc3)CC2)C1. The fourth-order valence-corrected chi connectivity index (χ4v) is 3.71. The van der Waals surface area contributed by atoms with Crippen LogP contribution in [0.2, 0.25) is 0 Å². The molecule has 2 fully saturated rings. The zero-order chi connectivity index (χ0) is 17.1. The topological polar surface area (TPSA) is 47.5 Å². The van der Waals surface area contributed by atoms with Gasteiger partial charge >= 0.3 is 0 Å². The fourth-order valence-electron chi connectivity index (χ4n) is 3.71. The first-order chi connectivity index (χ1) is 12.2. The molecule has 0 saturated carbocycles. The normalized spacial score (nSPS) is 23.0. The molecule has 1 atom stereocenters. The highest BCUT2D eigenvalue weighted by Crippen LogP contribution is 2.37. The van der Waals surface area contributed by atoms with E-state index in [2.05, 4.69) is 27.0 Å². The summed E-state index contributed by atoms with van der Waals surface area (Å²) in [4.78, 5) is 10.5. The Hall–Kier alpha value is -2.05.